The van der Waals surface area contributed by atoms with E-state index >= 15 is 0 Å². The first-order chi connectivity index (χ1) is 15.2. The summed E-state index contributed by atoms with van der Waals surface area (Å²) in [5.41, 5.74) is 4.56. The van der Waals surface area contributed by atoms with Crippen molar-refractivity contribution in [3.8, 4) is 11.1 Å². The maximum atomic E-state index is 12.8. The molecule has 1 amide bonds. The summed E-state index contributed by atoms with van der Waals surface area (Å²) in [6.45, 7) is 3.81. The molecule has 0 radical (unpaired) electrons. The molecule has 31 heavy (non-hydrogen) atoms. The first-order valence-corrected chi connectivity index (χ1v) is 11.0. The summed E-state index contributed by atoms with van der Waals surface area (Å²) in [4.78, 5) is 14.9. The van der Waals surface area contributed by atoms with Crippen LogP contribution < -0.4 is 0 Å². The van der Waals surface area contributed by atoms with Gasteiger partial charge >= 0.3 is 0 Å². The normalized spacial score (nSPS) is 18.7. The monoisotopic (exact) mass is 413 g/mol. The molecule has 0 saturated carbocycles. The Balaban J connectivity index is 1.23. The van der Waals surface area contributed by atoms with Crippen LogP contribution in [-0.2, 0) is 17.8 Å². The summed E-state index contributed by atoms with van der Waals surface area (Å²) in [6, 6.07) is 16.9. The second-order valence-electron chi connectivity index (χ2n) is 8.57. The Labute approximate surface area is 181 Å². The number of aryl methyl sites for hydroxylation is 1. The van der Waals surface area contributed by atoms with Gasteiger partial charge in [0.1, 0.15) is 0 Å². The summed E-state index contributed by atoms with van der Waals surface area (Å²) in [5.74, 6) is 0.682. The lowest BCUT2D eigenvalue weighted by Gasteiger charge is -2.21. The minimum atomic E-state index is 0.258. The van der Waals surface area contributed by atoms with Gasteiger partial charge in [-0.1, -0.05) is 36.4 Å². The van der Waals surface area contributed by atoms with Crippen molar-refractivity contribution in [2.45, 2.75) is 38.8 Å². The number of fused-ring (bicyclic) bond motifs is 1. The van der Waals surface area contributed by atoms with Gasteiger partial charge < -0.3 is 4.90 Å². The van der Waals surface area contributed by atoms with Gasteiger partial charge in [0, 0.05) is 42.7 Å². The number of nitrogens with zero attached hydrogens (tertiary/aromatic N) is 4. The van der Waals surface area contributed by atoms with Crippen molar-refractivity contribution in [2.75, 3.05) is 6.54 Å². The smallest absolute Gasteiger partial charge is 0.223 e. The van der Waals surface area contributed by atoms with Crippen LogP contribution in [0.15, 0.2) is 67.1 Å². The molecule has 2 atom stereocenters. The molecule has 2 aromatic heterocycles. The topological polar surface area (TPSA) is 66.8 Å². The molecular weight excluding hydrogens is 386 g/mol. The summed E-state index contributed by atoms with van der Waals surface area (Å²) in [7, 11) is 0. The van der Waals surface area contributed by atoms with Crippen molar-refractivity contribution < 1.29 is 4.79 Å². The van der Waals surface area contributed by atoms with E-state index in [0.29, 0.717) is 12.3 Å². The van der Waals surface area contributed by atoms with Crippen LogP contribution in [0.1, 0.15) is 25.3 Å². The molecule has 2 aromatic carbocycles. The number of aromatic nitrogens is 4. The lowest BCUT2D eigenvalue weighted by Crippen LogP contribution is -2.34. The third kappa shape index (κ3) is 4.10. The van der Waals surface area contributed by atoms with E-state index in [1.165, 1.54) is 5.56 Å². The van der Waals surface area contributed by atoms with Gasteiger partial charge in [0.25, 0.3) is 0 Å². The Hall–Kier alpha value is -3.41. The Morgan fingerprint density at radius 1 is 1.13 bits per heavy atom. The molecule has 0 unspecified atom stereocenters. The molecule has 1 aliphatic rings. The molecule has 1 fully saturated rings. The maximum Gasteiger partial charge on any atom is 0.223 e. The highest BCUT2D eigenvalue weighted by atomic mass is 16.2. The van der Waals surface area contributed by atoms with Crippen molar-refractivity contribution in [2.24, 2.45) is 5.92 Å². The summed E-state index contributed by atoms with van der Waals surface area (Å²) in [6.07, 6.45) is 8.05. The lowest BCUT2D eigenvalue weighted by molar-refractivity contribution is -0.131. The third-order valence-corrected chi connectivity index (χ3v) is 6.36. The van der Waals surface area contributed by atoms with Gasteiger partial charge in [0.05, 0.1) is 17.9 Å². The van der Waals surface area contributed by atoms with Crippen LogP contribution in [0, 0.1) is 5.92 Å². The number of hydrogen-bond donors (Lipinski definition) is 1. The van der Waals surface area contributed by atoms with Crippen LogP contribution in [0.5, 0.6) is 0 Å². The molecule has 4 aromatic rings. The molecule has 6 heteroatoms. The van der Waals surface area contributed by atoms with Crippen molar-refractivity contribution in [3.05, 3.63) is 72.7 Å². The van der Waals surface area contributed by atoms with Crippen LogP contribution in [-0.4, -0.2) is 43.4 Å². The Kier molecular flexibility index (Phi) is 5.28. The molecule has 1 saturated heterocycles. The fourth-order valence-corrected chi connectivity index (χ4v) is 4.73. The second-order valence-corrected chi connectivity index (χ2v) is 8.57. The highest BCUT2D eigenvalue weighted by Crippen LogP contribution is 2.28. The quantitative estimate of drug-likeness (QED) is 0.513. The van der Waals surface area contributed by atoms with Gasteiger partial charge in [-0.25, -0.2) is 0 Å². The largest absolute Gasteiger partial charge is 0.340 e. The van der Waals surface area contributed by atoms with Crippen molar-refractivity contribution >= 4 is 16.8 Å². The van der Waals surface area contributed by atoms with Gasteiger partial charge in [-0.2, -0.15) is 10.2 Å². The van der Waals surface area contributed by atoms with Crippen LogP contribution >= 0.6 is 0 Å². The van der Waals surface area contributed by atoms with E-state index < -0.39 is 0 Å². The SMILES string of the molecule is C[C@H]1C[C@H](Cn2ncc3cc(-c4cn[nH]c4)ccc32)CN1C(=O)CCc1ccccc1. The second kappa shape index (κ2) is 8.38. The number of likely N-dealkylation sites (tertiary alicyclic amines) is 1. The number of carbonyl (C=O) groups is 1. The zero-order valence-electron chi connectivity index (χ0n) is 17.7. The van der Waals surface area contributed by atoms with E-state index in [-0.39, 0.29) is 11.9 Å². The predicted octanol–water partition coefficient (Wildman–Crippen LogP) is 4.30. The Morgan fingerprint density at radius 2 is 2.00 bits per heavy atom. The van der Waals surface area contributed by atoms with E-state index in [4.69, 9.17) is 0 Å². The number of carbonyl (C=O) groups excluding carboxylic acids is 1. The number of amides is 1. The van der Waals surface area contributed by atoms with Gasteiger partial charge in [0.15, 0.2) is 0 Å². The predicted molar refractivity (Wildman–Crippen MR) is 121 cm³/mol. The molecule has 0 spiro atoms. The minimum Gasteiger partial charge on any atom is -0.340 e. The van der Waals surface area contributed by atoms with E-state index in [0.717, 1.165) is 48.0 Å². The van der Waals surface area contributed by atoms with E-state index in [1.807, 2.05) is 36.8 Å². The number of benzene rings is 2. The third-order valence-electron chi connectivity index (χ3n) is 6.36. The van der Waals surface area contributed by atoms with E-state index in [1.54, 1.807) is 0 Å². The average Bonchev–Trinajstić information content (AvgIpc) is 3.53. The molecular formula is C25H27N5O. The Bertz CT molecular complexity index is 1170. The number of nitrogens with one attached hydrogen (secondary N) is 1. The van der Waals surface area contributed by atoms with Crippen molar-refractivity contribution in [1.29, 1.82) is 0 Å². The highest BCUT2D eigenvalue weighted by Gasteiger charge is 2.32. The summed E-state index contributed by atoms with van der Waals surface area (Å²) < 4.78 is 2.09. The van der Waals surface area contributed by atoms with Gasteiger partial charge in [0.2, 0.25) is 5.91 Å². The van der Waals surface area contributed by atoms with Gasteiger partial charge in [-0.15, -0.1) is 0 Å². The zero-order chi connectivity index (χ0) is 21.2. The fourth-order valence-electron chi connectivity index (χ4n) is 4.73. The summed E-state index contributed by atoms with van der Waals surface area (Å²) in [5, 5.41) is 12.7. The fraction of sp³-hybridized carbons (Fsp3) is 0.320. The van der Waals surface area contributed by atoms with Crippen molar-refractivity contribution in [1.82, 2.24) is 24.9 Å². The lowest BCUT2D eigenvalue weighted by atomic mass is 10.1. The van der Waals surface area contributed by atoms with Crippen LogP contribution in [0.25, 0.3) is 22.0 Å². The average molecular weight is 414 g/mol. The molecule has 1 aliphatic heterocycles. The van der Waals surface area contributed by atoms with Gasteiger partial charge in [-0.3, -0.25) is 14.6 Å². The minimum absolute atomic E-state index is 0.258. The first-order valence-electron chi connectivity index (χ1n) is 11.0. The molecule has 0 bridgehead atoms. The first kappa shape index (κ1) is 19.5. The van der Waals surface area contributed by atoms with Crippen LogP contribution in [0.3, 0.4) is 0 Å². The molecule has 3 heterocycles. The molecule has 5 rings (SSSR count). The standard InChI is InChI=1S/C25H27N5O/c1-18-11-20(16-29(18)25(31)10-7-19-5-3-2-4-6-19)17-30-24-9-8-21(12-22(24)15-28-30)23-13-26-27-14-23/h2-6,8-9,12-15,18,20H,7,10-11,16-17H2,1H3,(H,26,27)/t18-,20-/m0/s1. The van der Waals surface area contributed by atoms with Crippen LogP contribution in [0.4, 0.5) is 0 Å². The van der Waals surface area contributed by atoms with Crippen molar-refractivity contribution in [3.63, 3.8) is 0 Å². The summed E-state index contributed by atoms with van der Waals surface area (Å²) >= 11 is 0. The number of H-pyrrole nitrogens is 1. The zero-order valence-corrected chi connectivity index (χ0v) is 17.7. The maximum absolute atomic E-state index is 12.8. The molecule has 0 aliphatic carbocycles. The van der Waals surface area contributed by atoms with E-state index in [9.17, 15) is 4.79 Å². The highest BCUT2D eigenvalue weighted by molar-refractivity contribution is 5.84. The molecule has 158 valence electrons. The van der Waals surface area contributed by atoms with Crippen LogP contribution in [0.2, 0.25) is 0 Å². The van der Waals surface area contributed by atoms with E-state index in [2.05, 4.69) is 62.1 Å². The van der Waals surface area contributed by atoms with Gasteiger partial charge in [-0.05, 0) is 48.9 Å². The molecule has 6 nitrogen and oxygen atoms in total. The Morgan fingerprint density at radius 3 is 2.81 bits per heavy atom. The number of aromatic amines is 1. The molecule has 1 N–H and O–H groups in total. The number of hydrogen-bond acceptors (Lipinski definition) is 3. The number of rotatable bonds is 6.